The average Bonchev–Trinajstić information content (AvgIpc) is 2.07. The number of thioether (sulfide) groups is 1. The first kappa shape index (κ1) is 9.43. The van der Waals surface area contributed by atoms with Gasteiger partial charge in [0.1, 0.15) is 0 Å². The third-order valence-electron chi connectivity index (χ3n) is 1.77. The molecule has 0 bridgehead atoms. The van der Waals surface area contributed by atoms with Gasteiger partial charge in [0, 0.05) is 23.9 Å². The summed E-state index contributed by atoms with van der Waals surface area (Å²) in [4.78, 5) is 0. The molecular formula is C8H14ClNS. The van der Waals surface area contributed by atoms with Crippen molar-refractivity contribution in [1.29, 1.82) is 0 Å². The summed E-state index contributed by atoms with van der Waals surface area (Å²) >= 11 is 7.43. The van der Waals surface area contributed by atoms with E-state index in [1.54, 1.807) is 5.54 Å². The quantitative estimate of drug-likeness (QED) is 0.735. The molecule has 0 aromatic rings. The molecule has 1 rings (SSSR count). The summed E-state index contributed by atoms with van der Waals surface area (Å²) < 4.78 is 0. The van der Waals surface area contributed by atoms with Gasteiger partial charge in [-0.15, -0.1) is 0 Å². The minimum Gasteiger partial charge on any atom is -0.310 e. The van der Waals surface area contributed by atoms with Gasteiger partial charge in [-0.2, -0.15) is 11.8 Å². The fraction of sp³-hybridized carbons (Fsp3) is 0.750. The van der Waals surface area contributed by atoms with Crippen LogP contribution in [0, 0.1) is 0 Å². The summed E-state index contributed by atoms with van der Waals surface area (Å²) in [6.07, 6.45) is 4.62. The second-order valence-electron chi connectivity index (χ2n) is 2.68. The molecule has 1 aliphatic heterocycles. The molecule has 1 heterocycles. The fourth-order valence-electron chi connectivity index (χ4n) is 1.18. The van der Waals surface area contributed by atoms with E-state index in [1.165, 1.54) is 24.3 Å². The van der Waals surface area contributed by atoms with Crippen LogP contribution >= 0.6 is 23.4 Å². The summed E-state index contributed by atoms with van der Waals surface area (Å²) in [7, 11) is 0. The van der Waals surface area contributed by atoms with Gasteiger partial charge >= 0.3 is 0 Å². The van der Waals surface area contributed by atoms with Gasteiger partial charge in [-0.3, -0.25) is 0 Å². The number of rotatable bonds is 3. The highest BCUT2D eigenvalue weighted by Gasteiger charge is 2.11. The standard InChI is InChI=1S/C8H14ClNS/c9-4-2-5-10-8-3-1-6-11-7-8/h2,4,8,10H,1,3,5-7H2/b4-2+. The smallest absolute Gasteiger partial charge is 0.0161 e. The Balaban J connectivity index is 2.04. The molecule has 1 N–H and O–H groups in total. The van der Waals surface area contributed by atoms with Gasteiger partial charge in [0.25, 0.3) is 0 Å². The van der Waals surface area contributed by atoms with Crippen molar-refractivity contribution in [1.82, 2.24) is 5.32 Å². The molecule has 1 nitrogen and oxygen atoms in total. The van der Waals surface area contributed by atoms with Crippen LogP contribution in [0.2, 0.25) is 0 Å². The lowest BCUT2D eigenvalue weighted by atomic mass is 10.2. The van der Waals surface area contributed by atoms with Crippen LogP contribution in [0.25, 0.3) is 0 Å². The molecule has 3 heteroatoms. The van der Waals surface area contributed by atoms with Crippen LogP contribution in [0.3, 0.4) is 0 Å². The highest BCUT2D eigenvalue weighted by Crippen LogP contribution is 2.16. The van der Waals surface area contributed by atoms with Gasteiger partial charge in [-0.25, -0.2) is 0 Å². The maximum Gasteiger partial charge on any atom is 0.0161 e. The van der Waals surface area contributed by atoms with E-state index >= 15 is 0 Å². The Kier molecular flexibility index (Phi) is 5.08. The van der Waals surface area contributed by atoms with E-state index in [4.69, 9.17) is 11.6 Å². The van der Waals surface area contributed by atoms with Crippen molar-refractivity contribution in [3.05, 3.63) is 11.6 Å². The Hall–Kier alpha value is 0.340. The third-order valence-corrected chi connectivity index (χ3v) is 3.17. The molecule has 1 saturated heterocycles. The van der Waals surface area contributed by atoms with E-state index in [-0.39, 0.29) is 0 Å². The van der Waals surface area contributed by atoms with Gasteiger partial charge < -0.3 is 5.32 Å². The van der Waals surface area contributed by atoms with Crippen LogP contribution in [0.5, 0.6) is 0 Å². The van der Waals surface area contributed by atoms with Gasteiger partial charge in [0.05, 0.1) is 0 Å². The molecule has 1 aliphatic rings. The molecule has 0 saturated carbocycles. The highest BCUT2D eigenvalue weighted by molar-refractivity contribution is 7.99. The zero-order valence-corrected chi connectivity index (χ0v) is 8.13. The first-order valence-electron chi connectivity index (χ1n) is 4.00. The predicted octanol–water partition coefficient (Wildman–Crippen LogP) is 2.22. The van der Waals surface area contributed by atoms with Crippen LogP contribution < -0.4 is 5.32 Å². The van der Waals surface area contributed by atoms with Crippen molar-refractivity contribution in [3.63, 3.8) is 0 Å². The fourth-order valence-corrected chi connectivity index (χ4v) is 2.38. The lowest BCUT2D eigenvalue weighted by Crippen LogP contribution is -2.33. The molecule has 1 fully saturated rings. The molecule has 0 amide bonds. The lowest BCUT2D eigenvalue weighted by Gasteiger charge is -2.21. The normalized spacial score (nSPS) is 26.1. The average molecular weight is 192 g/mol. The van der Waals surface area contributed by atoms with E-state index in [1.807, 2.05) is 17.8 Å². The molecule has 0 aliphatic carbocycles. The predicted molar refractivity (Wildman–Crippen MR) is 53.3 cm³/mol. The highest BCUT2D eigenvalue weighted by atomic mass is 35.5. The maximum atomic E-state index is 5.39. The Labute approximate surface area is 77.6 Å². The zero-order chi connectivity index (χ0) is 7.94. The van der Waals surface area contributed by atoms with Crippen molar-refractivity contribution in [3.8, 4) is 0 Å². The molecule has 0 radical (unpaired) electrons. The summed E-state index contributed by atoms with van der Waals surface area (Å²) in [5.74, 6) is 2.60. The van der Waals surface area contributed by atoms with Crippen LogP contribution in [0.15, 0.2) is 11.6 Å². The van der Waals surface area contributed by atoms with Crippen molar-refractivity contribution >= 4 is 23.4 Å². The Morgan fingerprint density at radius 3 is 3.18 bits per heavy atom. The number of halogens is 1. The largest absolute Gasteiger partial charge is 0.310 e. The van der Waals surface area contributed by atoms with Gasteiger partial charge in [0.2, 0.25) is 0 Å². The van der Waals surface area contributed by atoms with Gasteiger partial charge in [0.15, 0.2) is 0 Å². The van der Waals surface area contributed by atoms with E-state index in [9.17, 15) is 0 Å². The second kappa shape index (κ2) is 5.92. The topological polar surface area (TPSA) is 12.0 Å². The Bertz CT molecular complexity index is 121. The molecule has 1 atom stereocenters. The summed E-state index contributed by atoms with van der Waals surface area (Å²) in [6, 6.07) is 0.710. The first-order valence-corrected chi connectivity index (χ1v) is 5.59. The summed E-state index contributed by atoms with van der Waals surface area (Å²) in [5, 5.41) is 3.43. The van der Waals surface area contributed by atoms with Gasteiger partial charge in [-0.05, 0) is 18.6 Å². The molecule has 0 aromatic carbocycles. The molecule has 1 unspecified atom stereocenters. The lowest BCUT2D eigenvalue weighted by molar-refractivity contribution is 0.535. The number of hydrogen-bond acceptors (Lipinski definition) is 2. The van der Waals surface area contributed by atoms with E-state index < -0.39 is 0 Å². The van der Waals surface area contributed by atoms with Crippen molar-refractivity contribution in [2.45, 2.75) is 18.9 Å². The van der Waals surface area contributed by atoms with Crippen LogP contribution in [0.4, 0.5) is 0 Å². The zero-order valence-electron chi connectivity index (χ0n) is 6.55. The van der Waals surface area contributed by atoms with Crippen LogP contribution in [0.1, 0.15) is 12.8 Å². The molecule has 0 aromatic heterocycles. The number of nitrogens with one attached hydrogen (secondary N) is 1. The second-order valence-corrected chi connectivity index (χ2v) is 4.09. The van der Waals surface area contributed by atoms with E-state index in [2.05, 4.69) is 5.32 Å². The maximum absolute atomic E-state index is 5.39. The number of hydrogen-bond donors (Lipinski definition) is 1. The van der Waals surface area contributed by atoms with Crippen molar-refractivity contribution in [2.75, 3.05) is 18.1 Å². The Morgan fingerprint density at radius 1 is 1.64 bits per heavy atom. The third kappa shape index (κ3) is 4.04. The van der Waals surface area contributed by atoms with Crippen LogP contribution in [-0.2, 0) is 0 Å². The molecular weight excluding hydrogens is 178 g/mol. The molecule has 0 spiro atoms. The first-order chi connectivity index (χ1) is 5.43. The SMILES string of the molecule is Cl/C=C/CNC1CCCSC1. The van der Waals surface area contributed by atoms with Gasteiger partial charge in [-0.1, -0.05) is 17.7 Å². The Morgan fingerprint density at radius 2 is 2.55 bits per heavy atom. The molecule has 11 heavy (non-hydrogen) atoms. The van der Waals surface area contributed by atoms with Crippen molar-refractivity contribution < 1.29 is 0 Å². The van der Waals surface area contributed by atoms with E-state index in [0.29, 0.717) is 6.04 Å². The molecule has 64 valence electrons. The summed E-state index contributed by atoms with van der Waals surface area (Å²) in [5.41, 5.74) is 1.57. The van der Waals surface area contributed by atoms with Crippen LogP contribution in [-0.4, -0.2) is 24.1 Å². The monoisotopic (exact) mass is 191 g/mol. The minimum absolute atomic E-state index is 0.710. The minimum atomic E-state index is 0.710. The summed E-state index contributed by atoms with van der Waals surface area (Å²) in [6.45, 7) is 0.911. The van der Waals surface area contributed by atoms with E-state index in [0.717, 1.165) is 6.54 Å². The van der Waals surface area contributed by atoms with Crippen molar-refractivity contribution in [2.24, 2.45) is 0 Å².